The predicted molar refractivity (Wildman–Crippen MR) is 151 cm³/mol. The van der Waals surface area contributed by atoms with Gasteiger partial charge in [0.1, 0.15) is 73.2 Å². The molecule has 17 atom stereocenters. The van der Waals surface area contributed by atoms with Crippen molar-refractivity contribution in [2.24, 2.45) is 0 Å². The summed E-state index contributed by atoms with van der Waals surface area (Å²) in [6.07, 6.45) is -21.8. The highest BCUT2D eigenvalue weighted by molar-refractivity contribution is 4.97. The molecule has 3 saturated heterocycles. The van der Waals surface area contributed by atoms with E-state index in [1.54, 1.807) is 6.92 Å². The highest BCUT2D eigenvalue weighted by Gasteiger charge is 2.54. The first-order valence-electron chi connectivity index (χ1n) is 15.1. The first kappa shape index (κ1) is 39.7. The van der Waals surface area contributed by atoms with E-state index >= 15 is 0 Å². The molecule has 7 N–H and O–H groups in total. The van der Waals surface area contributed by atoms with Gasteiger partial charge in [0.15, 0.2) is 18.9 Å². The van der Waals surface area contributed by atoms with Gasteiger partial charge in [0, 0.05) is 28.4 Å². The fraction of sp³-hybridized carbons (Fsp3) is 1.00. The lowest BCUT2D eigenvalue weighted by Crippen LogP contribution is -2.67. The van der Waals surface area contributed by atoms with Gasteiger partial charge in [-0.1, -0.05) is 0 Å². The van der Waals surface area contributed by atoms with Gasteiger partial charge in [-0.15, -0.1) is 0 Å². The van der Waals surface area contributed by atoms with E-state index < -0.39 is 104 Å². The van der Waals surface area contributed by atoms with E-state index in [9.17, 15) is 35.7 Å². The summed E-state index contributed by atoms with van der Waals surface area (Å²) >= 11 is 0. The highest BCUT2D eigenvalue weighted by Crippen LogP contribution is 2.34. The molecule has 3 aliphatic rings. The zero-order valence-corrected chi connectivity index (χ0v) is 27.0. The van der Waals surface area contributed by atoms with Crippen LogP contribution in [0, 0.1) is 0 Å². The third-order valence-electron chi connectivity index (χ3n) is 8.00. The van der Waals surface area contributed by atoms with E-state index in [1.165, 1.54) is 35.4 Å². The molecule has 8 unspecified atom stereocenters. The topological polar surface area (TPSA) is 243 Å². The zero-order valence-electron chi connectivity index (χ0n) is 27.0. The van der Waals surface area contributed by atoms with E-state index in [4.69, 9.17) is 52.1 Å². The van der Waals surface area contributed by atoms with E-state index in [1.807, 2.05) is 0 Å². The molecule has 0 saturated carbocycles. The lowest BCUT2D eigenvalue weighted by atomic mass is 9.95. The van der Waals surface area contributed by atoms with Gasteiger partial charge in [0.05, 0.1) is 45.2 Å². The second-order valence-electron chi connectivity index (χ2n) is 11.6. The molecular weight excluding hydrogens is 624 g/mol. The van der Waals surface area contributed by atoms with Gasteiger partial charge < -0.3 is 87.9 Å². The number of aliphatic hydroxyl groups excluding tert-OH is 7. The van der Waals surface area contributed by atoms with Crippen molar-refractivity contribution in [2.45, 2.75) is 118 Å². The van der Waals surface area contributed by atoms with Crippen LogP contribution in [-0.4, -0.2) is 202 Å². The van der Waals surface area contributed by atoms with Gasteiger partial charge in [-0.25, -0.2) is 0 Å². The molecule has 272 valence electrons. The van der Waals surface area contributed by atoms with Gasteiger partial charge in [0.2, 0.25) is 0 Å². The SMILES string of the molecule is COCC1O[C@@H](O[C@H]2C(O)C(O)[C@H](O)O[C@H]2COC)[C@@H](OCC(C)OC)C(O)[C@@H]1O[C@@H]1O[C@@H](COCC(C)O)[C@@H](O)C(O)C1OC. The molecule has 0 spiro atoms. The summed E-state index contributed by atoms with van der Waals surface area (Å²) in [5.74, 6) is 0. The summed E-state index contributed by atoms with van der Waals surface area (Å²) < 4.78 is 62.4. The standard InChI is InChI=1S/C28H52O18/c1-12(29)7-40-11-14-17(30)18(31)24(39-6)27(43-14)46-23-16(10-37-4)44-28(25(21(23)34)41-8-13(2)38-5)45-22-15(9-36-3)42-26(35)20(33)19(22)32/h12-35H,7-11H2,1-6H3/t12?,13?,14-,15-,16?,17+,18?,19?,20?,21?,22+,23+,24?,25-,26+,27-,28-/m0/s1. The Morgan fingerprint density at radius 3 is 1.70 bits per heavy atom. The second-order valence-corrected chi connectivity index (χ2v) is 11.6. The Morgan fingerprint density at radius 1 is 0.587 bits per heavy atom. The number of rotatable bonds is 17. The normalized spacial score (nSPS) is 43.4. The largest absolute Gasteiger partial charge is 0.391 e. The van der Waals surface area contributed by atoms with Crippen molar-refractivity contribution in [3.8, 4) is 0 Å². The molecule has 3 rings (SSSR count). The van der Waals surface area contributed by atoms with Crippen molar-refractivity contribution in [3.05, 3.63) is 0 Å². The molecule has 46 heavy (non-hydrogen) atoms. The maximum absolute atomic E-state index is 11.7. The molecule has 3 heterocycles. The van der Waals surface area contributed by atoms with E-state index in [0.717, 1.165) is 0 Å². The maximum atomic E-state index is 11.7. The molecule has 18 nitrogen and oxygen atoms in total. The van der Waals surface area contributed by atoms with Crippen molar-refractivity contribution in [1.29, 1.82) is 0 Å². The van der Waals surface area contributed by atoms with Crippen molar-refractivity contribution < 1.29 is 87.9 Å². The van der Waals surface area contributed by atoms with Crippen molar-refractivity contribution in [2.75, 3.05) is 61.5 Å². The lowest BCUT2D eigenvalue weighted by molar-refractivity contribution is -0.383. The molecule has 0 bridgehead atoms. The molecule has 0 aromatic rings. The number of hydrogen-bond acceptors (Lipinski definition) is 18. The minimum atomic E-state index is -1.72. The van der Waals surface area contributed by atoms with Gasteiger partial charge in [-0.3, -0.25) is 0 Å². The Hall–Kier alpha value is -0.720. The summed E-state index contributed by atoms with van der Waals surface area (Å²) in [6.45, 7) is 2.69. The van der Waals surface area contributed by atoms with Gasteiger partial charge >= 0.3 is 0 Å². The molecule has 0 amide bonds. The smallest absolute Gasteiger partial charge is 0.187 e. The summed E-state index contributed by atoms with van der Waals surface area (Å²) in [5.41, 5.74) is 0. The predicted octanol–water partition coefficient (Wildman–Crippen LogP) is -4.15. The molecule has 3 fully saturated rings. The van der Waals surface area contributed by atoms with Gasteiger partial charge in [-0.05, 0) is 13.8 Å². The quantitative estimate of drug-likeness (QED) is 0.0773. The van der Waals surface area contributed by atoms with Crippen LogP contribution in [0.3, 0.4) is 0 Å². The zero-order chi connectivity index (χ0) is 34.1. The van der Waals surface area contributed by atoms with E-state index in [2.05, 4.69) is 0 Å². The number of ether oxygens (including phenoxy) is 11. The summed E-state index contributed by atoms with van der Waals surface area (Å²) in [6, 6.07) is 0. The molecule has 0 aromatic carbocycles. The van der Waals surface area contributed by atoms with Crippen LogP contribution in [0.2, 0.25) is 0 Å². The Labute approximate surface area is 267 Å². The van der Waals surface area contributed by atoms with Gasteiger partial charge in [0.25, 0.3) is 0 Å². The first-order valence-corrected chi connectivity index (χ1v) is 15.1. The minimum absolute atomic E-state index is 0.0378. The molecule has 0 radical (unpaired) electrons. The minimum Gasteiger partial charge on any atom is -0.391 e. The van der Waals surface area contributed by atoms with Crippen LogP contribution in [-0.2, 0) is 52.1 Å². The third-order valence-corrected chi connectivity index (χ3v) is 8.00. The van der Waals surface area contributed by atoms with Crippen LogP contribution in [0.1, 0.15) is 13.8 Å². The van der Waals surface area contributed by atoms with Crippen molar-refractivity contribution >= 4 is 0 Å². The van der Waals surface area contributed by atoms with Crippen LogP contribution in [0.15, 0.2) is 0 Å². The van der Waals surface area contributed by atoms with Crippen LogP contribution >= 0.6 is 0 Å². The number of aliphatic hydroxyl groups is 7. The summed E-state index contributed by atoms with van der Waals surface area (Å²) in [7, 11) is 5.52. The van der Waals surface area contributed by atoms with Crippen LogP contribution in [0.4, 0.5) is 0 Å². The van der Waals surface area contributed by atoms with Crippen LogP contribution in [0.5, 0.6) is 0 Å². The monoisotopic (exact) mass is 676 g/mol. The van der Waals surface area contributed by atoms with Crippen LogP contribution < -0.4 is 0 Å². The highest BCUT2D eigenvalue weighted by atomic mass is 16.8. The fourth-order valence-corrected chi connectivity index (χ4v) is 5.42. The molecular formula is C28H52O18. The van der Waals surface area contributed by atoms with Crippen molar-refractivity contribution in [3.63, 3.8) is 0 Å². The summed E-state index contributed by atoms with van der Waals surface area (Å²) in [5, 5.41) is 73.9. The second kappa shape index (κ2) is 18.9. The number of methoxy groups -OCH3 is 4. The average Bonchev–Trinajstić information content (AvgIpc) is 3.01. The Morgan fingerprint density at radius 2 is 1.13 bits per heavy atom. The maximum Gasteiger partial charge on any atom is 0.187 e. The third kappa shape index (κ3) is 9.93. The molecule has 0 aromatic heterocycles. The van der Waals surface area contributed by atoms with E-state index in [0.29, 0.717) is 0 Å². The fourth-order valence-electron chi connectivity index (χ4n) is 5.42. The van der Waals surface area contributed by atoms with E-state index in [-0.39, 0.29) is 33.0 Å². The Bertz CT molecular complexity index is 855. The summed E-state index contributed by atoms with van der Waals surface area (Å²) in [4.78, 5) is 0. The van der Waals surface area contributed by atoms with Crippen molar-refractivity contribution in [1.82, 2.24) is 0 Å². The van der Waals surface area contributed by atoms with Crippen LogP contribution in [0.25, 0.3) is 0 Å². The molecule has 0 aliphatic carbocycles. The molecule has 3 aliphatic heterocycles. The lowest BCUT2D eigenvalue weighted by Gasteiger charge is -2.49. The molecule has 18 heteroatoms. The Kier molecular flexibility index (Phi) is 16.3. The Balaban J connectivity index is 1.88. The average molecular weight is 677 g/mol. The van der Waals surface area contributed by atoms with Gasteiger partial charge in [-0.2, -0.15) is 0 Å². The first-order chi connectivity index (χ1) is 21.9. The number of hydrogen-bond donors (Lipinski definition) is 7.